The zero-order valence-electron chi connectivity index (χ0n) is 9.28. The van der Waals surface area contributed by atoms with Gasteiger partial charge >= 0.3 is 0 Å². The van der Waals surface area contributed by atoms with Crippen molar-refractivity contribution in [2.75, 3.05) is 13.1 Å². The summed E-state index contributed by atoms with van der Waals surface area (Å²) >= 11 is 1.90. The first-order chi connectivity index (χ1) is 7.28. The van der Waals surface area contributed by atoms with Gasteiger partial charge in [0.2, 0.25) is 0 Å². The van der Waals surface area contributed by atoms with Crippen molar-refractivity contribution in [3.8, 4) is 0 Å². The van der Waals surface area contributed by atoms with E-state index in [-0.39, 0.29) is 6.10 Å². The molecule has 0 aromatic carbocycles. The summed E-state index contributed by atoms with van der Waals surface area (Å²) in [5.41, 5.74) is 0. The smallest absolute Gasteiger partial charge is 0.0667 e. The zero-order valence-corrected chi connectivity index (χ0v) is 10.1. The number of β-amino-alcohol motifs (C(OH)–C–C–N with tert-alkyl or cyclic N) is 1. The maximum absolute atomic E-state index is 9.57. The Bertz CT molecular complexity index is 310. The number of rotatable bonds is 3. The van der Waals surface area contributed by atoms with Crippen molar-refractivity contribution < 1.29 is 5.11 Å². The molecule has 1 fully saturated rings. The molecule has 0 bridgehead atoms. The van der Waals surface area contributed by atoms with Crippen LogP contribution in [-0.4, -0.2) is 29.2 Å². The van der Waals surface area contributed by atoms with E-state index in [2.05, 4.69) is 24.0 Å². The number of nitrogens with zero attached hydrogens (tertiary/aromatic N) is 1. The maximum Gasteiger partial charge on any atom is 0.0667 e. The highest BCUT2D eigenvalue weighted by Crippen LogP contribution is 2.20. The van der Waals surface area contributed by atoms with Crippen molar-refractivity contribution >= 4 is 11.3 Å². The summed E-state index contributed by atoms with van der Waals surface area (Å²) in [6.45, 7) is 5.19. The van der Waals surface area contributed by atoms with Crippen LogP contribution in [-0.2, 0) is 13.0 Å². The first kappa shape index (κ1) is 11.1. The highest BCUT2D eigenvalue weighted by Gasteiger charge is 2.17. The number of aliphatic hydroxyl groups excluding tert-OH is 1. The van der Waals surface area contributed by atoms with Crippen LogP contribution in [0, 0.1) is 0 Å². The van der Waals surface area contributed by atoms with Crippen molar-refractivity contribution in [3.63, 3.8) is 0 Å². The number of thiophene rings is 1. The molecular formula is C12H19NOS. The highest BCUT2D eigenvalue weighted by molar-refractivity contribution is 7.11. The Labute approximate surface area is 95.5 Å². The Kier molecular flexibility index (Phi) is 3.78. The maximum atomic E-state index is 9.57. The molecule has 1 aliphatic heterocycles. The second-order valence-electron chi connectivity index (χ2n) is 4.25. The van der Waals surface area contributed by atoms with Gasteiger partial charge in [-0.2, -0.15) is 0 Å². The van der Waals surface area contributed by atoms with E-state index in [0.29, 0.717) is 0 Å². The quantitative estimate of drug-likeness (QED) is 0.853. The van der Waals surface area contributed by atoms with E-state index in [1.54, 1.807) is 0 Å². The number of hydrogen-bond donors (Lipinski definition) is 1. The lowest BCUT2D eigenvalue weighted by atomic mass is 10.1. The van der Waals surface area contributed by atoms with Crippen LogP contribution in [0.3, 0.4) is 0 Å². The van der Waals surface area contributed by atoms with Gasteiger partial charge in [0.05, 0.1) is 6.10 Å². The highest BCUT2D eigenvalue weighted by atomic mass is 32.1. The predicted molar refractivity (Wildman–Crippen MR) is 64.2 cm³/mol. The largest absolute Gasteiger partial charge is 0.392 e. The molecule has 1 aromatic rings. The van der Waals surface area contributed by atoms with Gasteiger partial charge in [0.25, 0.3) is 0 Å². The van der Waals surface area contributed by atoms with Gasteiger partial charge in [0.1, 0.15) is 0 Å². The van der Waals surface area contributed by atoms with Crippen LogP contribution in [0.2, 0.25) is 0 Å². The van der Waals surface area contributed by atoms with Gasteiger partial charge in [-0.05, 0) is 37.9 Å². The van der Waals surface area contributed by atoms with Crippen molar-refractivity contribution in [2.45, 2.75) is 38.8 Å². The average Bonchev–Trinajstić information content (AvgIpc) is 2.65. The van der Waals surface area contributed by atoms with Crippen LogP contribution in [0.1, 0.15) is 29.5 Å². The summed E-state index contributed by atoms with van der Waals surface area (Å²) in [5.74, 6) is 0. The molecule has 0 radical (unpaired) electrons. The Morgan fingerprint density at radius 3 is 2.93 bits per heavy atom. The molecule has 0 saturated carbocycles. The van der Waals surface area contributed by atoms with Gasteiger partial charge in [-0.1, -0.05) is 6.92 Å². The zero-order chi connectivity index (χ0) is 10.7. The monoisotopic (exact) mass is 225 g/mol. The second kappa shape index (κ2) is 5.10. The molecule has 1 saturated heterocycles. The van der Waals surface area contributed by atoms with E-state index >= 15 is 0 Å². The van der Waals surface area contributed by atoms with E-state index in [0.717, 1.165) is 38.9 Å². The van der Waals surface area contributed by atoms with Crippen LogP contribution in [0.15, 0.2) is 12.1 Å². The number of aryl methyl sites for hydroxylation is 1. The first-order valence-electron chi connectivity index (χ1n) is 5.76. The molecule has 1 N–H and O–H groups in total. The van der Waals surface area contributed by atoms with Crippen LogP contribution in [0.25, 0.3) is 0 Å². The number of likely N-dealkylation sites (tertiary alicyclic amines) is 1. The van der Waals surface area contributed by atoms with E-state index < -0.39 is 0 Å². The first-order valence-corrected chi connectivity index (χ1v) is 6.57. The van der Waals surface area contributed by atoms with E-state index in [1.807, 2.05) is 11.3 Å². The molecular weight excluding hydrogens is 206 g/mol. The van der Waals surface area contributed by atoms with Crippen molar-refractivity contribution in [3.05, 3.63) is 21.9 Å². The van der Waals surface area contributed by atoms with Crippen molar-refractivity contribution in [1.29, 1.82) is 0 Å². The van der Waals surface area contributed by atoms with Gasteiger partial charge in [-0.3, -0.25) is 4.90 Å². The average molecular weight is 225 g/mol. The van der Waals surface area contributed by atoms with E-state index in [9.17, 15) is 5.11 Å². The van der Waals surface area contributed by atoms with Crippen LogP contribution >= 0.6 is 11.3 Å². The second-order valence-corrected chi connectivity index (χ2v) is 5.51. The van der Waals surface area contributed by atoms with Gasteiger partial charge < -0.3 is 5.11 Å². The van der Waals surface area contributed by atoms with Gasteiger partial charge in [-0.15, -0.1) is 11.3 Å². The Balaban J connectivity index is 1.90. The summed E-state index contributed by atoms with van der Waals surface area (Å²) < 4.78 is 0. The van der Waals surface area contributed by atoms with Gasteiger partial charge in [-0.25, -0.2) is 0 Å². The topological polar surface area (TPSA) is 23.5 Å². The third-order valence-corrected chi connectivity index (χ3v) is 4.14. The third kappa shape index (κ3) is 3.03. The minimum Gasteiger partial charge on any atom is -0.392 e. The summed E-state index contributed by atoms with van der Waals surface area (Å²) in [4.78, 5) is 5.25. The lowest BCUT2D eigenvalue weighted by molar-refractivity contribution is 0.0673. The van der Waals surface area contributed by atoms with E-state index in [1.165, 1.54) is 9.75 Å². The molecule has 0 amide bonds. The molecule has 0 spiro atoms. The molecule has 15 heavy (non-hydrogen) atoms. The minimum atomic E-state index is -0.107. The van der Waals surface area contributed by atoms with Crippen LogP contribution in [0.4, 0.5) is 0 Å². The molecule has 0 aliphatic carbocycles. The van der Waals surface area contributed by atoms with Gasteiger partial charge in [0.15, 0.2) is 0 Å². The molecule has 1 aliphatic rings. The molecule has 2 rings (SSSR count). The fraction of sp³-hybridized carbons (Fsp3) is 0.667. The minimum absolute atomic E-state index is 0.107. The molecule has 2 heterocycles. The lowest BCUT2D eigenvalue weighted by Gasteiger charge is -2.29. The number of aliphatic hydroxyl groups is 1. The van der Waals surface area contributed by atoms with Crippen LogP contribution < -0.4 is 0 Å². The number of piperidine rings is 1. The molecule has 84 valence electrons. The standard InChI is InChI=1S/C12H19NOS/c1-2-11-5-6-12(15-11)9-13-7-3-4-10(14)8-13/h5-6,10,14H,2-4,7-9H2,1H3/t10-/m0/s1. The SMILES string of the molecule is CCc1ccc(CN2CCC[C@H](O)C2)s1. The van der Waals surface area contributed by atoms with Crippen LogP contribution in [0.5, 0.6) is 0 Å². The van der Waals surface area contributed by atoms with Crippen molar-refractivity contribution in [1.82, 2.24) is 4.90 Å². The van der Waals surface area contributed by atoms with Crippen molar-refractivity contribution in [2.24, 2.45) is 0 Å². The summed E-state index contributed by atoms with van der Waals surface area (Å²) in [5, 5.41) is 9.57. The molecule has 1 aromatic heterocycles. The predicted octanol–water partition coefficient (Wildman–Crippen LogP) is 2.27. The summed E-state index contributed by atoms with van der Waals surface area (Å²) in [6, 6.07) is 4.45. The fourth-order valence-corrected chi connectivity index (χ4v) is 3.09. The molecule has 2 nitrogen and oxygen atoms in total. The Morgan fingerprint density at radius 2 is 2.27 bits per heavy atom. The third-order valence-electron chi connectivity index (χ3n) is 2.93. The summed E-state index contributed by atoms with van der Waals surface area (Å²) in [6.07, 6.45) is 3.13. The molecule has 0 unspecified atom stereocenters. The Hall–Kier alpha value is -0.380. The molecule has 3 heteroatoms. The summed E-state index contributed by atoms with van der Waals surface area (Å²) in [7, 11) is 0. The normalized spacial score (nSPS) is 23.2. The molecule has 1 atom stereocenters. The van der Waals surface area contributed by atoms with E-state index in [4.69, 9.17) is 0 Å². The van der Waals surface area contributed by atoms with Gasteiger partial charge in [0, 0.05) is 22.8 Å². The fourth-order valence-electron chi connectivity index (χ4n) is 2.09. The lowest BCUT2D eigenvalue weighted by Crippen LogP contribution is -2.37. The Morgan fingerprint density at radius 1 is 1.47 bits per heavy atom. The number of hydrogen-bond acceptors (Lipinski definition) is 3.